The molecule has 4 nitrogen and oxygen atoms in total. The summed E-state index contributed by atoms with van der Waals surface area (Å²) >= 11 is 0. The van der Waals surface area contributed by atoms with Crippen LogP contribution in [-0.2, 0) is 4.79 Å². The second-order valence-corrected chi connectivity index (χ2v) is 5.80. The fourth-order valence-corrected chi connectivity index (χ4v) is 2.85. The maximum absolute atomic E-state index is 11.7. The van der Waals surface area contributed by atoms with Crippen molar-refractivity contribution in [2.45, 2.75) is 50.5 Å². The minimum Gasteiger partial charge on any atom is -0.349 e. The predicted octanol–water partition coefficient (Wildman–Crippen LogP) is 1.45. The number of carbonyl (C=O) groups is 1. The van der Waals surface area contributed by atoms with Gasteiger partial charge in [-0.05, 0) is 19.9 Å². The minimum absolute atomic E-state index is 0.128. The smallest absolute Gasteiger partial charge is 0.223 e. The van der Waals surface area contributed by atoms with Crippen LogP contribution in [0.15, 0.2) is 0 Å². The second-order valence-electron chi connectivity index (χ2n) is 5.80. The first-order valence-corrected chi connectivity index (χ1v) is 7.13. The molecule has 0 aromatic rings. The van der Waals surface area contributed by atoms with E-state index in [9.17, 15) is 4.79 Å². The minimum atomic E-state index is 0.128. The lowest BCUT2D eigenvalue weighted by Gasteiger charge is -2.41. The molecular weight excluding hydrogens is 226 g/mol. The average Bonchev–Trinajstić information content (AvgIpc) is 2.61. The quantitative estimate of drug-likeness (QED) is 0.756. The molecule has 0 bridgehead atoms. The molecule has 1 fully saturated rings. The molecule has 0 heterocycles. The summed E-state index contributed by atoms with van der Waals surface area (Å²) in [4.78, 5) is 15.7. The van der Waals surface area contributed by atoms with Crippen molar-refractivity contribution < 1.29 is 4.79 Å². The van der Waals surface area contributed by atoms with Crippen LogP contribution >= 0.6 is 0 Å². The topological polar surface area (TPSA) is 49.6 Å². The van der Waals surface area contributed by atoms with Gasteiger partial charge in [0.15, 0.2) is 0 Å². The number of hydrogen-bond acceptors (Lipinski definition) is 3. The standard InChI is InChI=1S/C14H29N3O/c1-16(2)13(18)8-11-17(3)14(12-15)9-6-4-5-7-10-14/h4-12,15H2,1-3H3. The molecule has 0 atom stereocenters. The molecule has 18 heavy (non-hydrogen) atoms. The summed E-state index contributed by atoms with van der Waals surface area (Å²) in [5.74, 6) is 0.197. The summed E-state index contributed by atoms with van der Waals surface area (Å²) in [7, 11) is 5.75. The first-order chi connectivity index (χ1) is 8.52. The largest absolute Gasteiger partial charge is 0.349 e. The number of hydrogen-bond donors (Lipinski definition) is 1. The van der Waals surface area contributed by atoms with Crippen molar-refractivity contribution in [3.05, 3.63) is 0 Å². The third-order valence-corrected chi connectivity index (χ3v) is 4.38. The molecule has 0 radical (unpaired) electrons. The molecule has 1 aliphatic rings. The third-order valence-electron chi connectivity index (χ3n) is 4.38. The second kappa shape index (κ2) is 7.10. The number of nitrogens with two attached hydrogens (primary N) is 1. The zero-order valence-electron chi connectivity index (χ0n) is 12.2. The lowest BCUT2D eigenvalue weighted by Crippen LogP contribution is -2.52. The molecule has 0 aromatic carbocycles. The average molecular weight is 255 g/mol. The van der Waals surface area contributed by atoms with Crippen molar-refractivity contribution in [1.82, 2.24) is 9.80 Å². The molecule has 1 amide bonds. The molecule has 0 unspecified atom stereocenters. The van der Waals surface area contributed by atoms with Gasteiger partial charge in [-0.2, -0.15) is 0 Å². The highest BCUT2D eigenvalue weighted by molar-refractivity contribution is 5.75. The van der Waals surface area contributed by atoms with Gasteiger partial charge in [0.05, 0.1) is 0 Å². The van der Waals surface area contributed by atoms with E-state index in [-0.39, 0.29) is 11.4 Å². The number of nitrogens with zero attached hydrogens (tertiary/aromatic N) is 2. The van der Waals surface area contributed by atoms with E-state index in [1.54, 1.807) is 4.90 Å². The number of likely N-dealkylation sites (N-methyl/N-ethyl adjacent to an activating group) is 1. The van der Waals surface area contributed by atoms with Crippen LogP contribution in [-0.4, -0.2) is 55.5 Å². The van der Waals surface area contributed by atoms with E-state index in [0.29, 0.717) is 13.0 Å². The van der Waals surface area contributed by atoms with Gasteiger partial charge in [0.1, 0.15) is 0 Å². The highest BCUT2D eigenvalue weighted by Crippen LogP contribution is 2.31. The Morgan fingerprint density at radius 2 is 1.67 bits per heavy atom. The van der Waals surface area contributed by atoms with E-state index in [1.807, 2.05) is 14.1 Å². The van der Waals surface area contributed by atoms with E-state index < -0.39 is 0 Å². The van der Waals surface area contributed by atoms with Gasteiger partial charge in [-0.3, -0.25) is 9.69 Å². The van der Waals surface area contributed by atoms with Crippen molar-refractivity contribution in [3.63, 3.8) is 0 Å². The number of rotatable bonds is 5. The first-order valence-electron chi connectivity index (χ1n) is 7.13. The Kier molecular flexibility index (Phi) is 6.09. The fourth-order valence-electron chi connectivity index (χ4n) is 2.85. The van der Waals surface area contributed by atoms with Gasteiger partial charge in [0.25, 0.3) is 0 Å². The number of amides is 1. The Bertz CT molecular complexity index is 258. The monoisotopic (exact) mass is 255 g/mol. The summed E-state index contributed by atoms with van der Waals surface area (Å²) in [6.45, 7) is 1.52. The fraction of sp³-hybridized carbons (Fsp3) is 0.929. The predicted molar refractivity (Wildman–Crippen MR) is 75.4 cm³/mol. The summed E-state index contributed by atoms with van der Waals surface area (Å²) in [5.41, 5.74) is 6.17. The lowest BCUT2D eigenvalue weighted by molar-refractivity contribution is -0.129. The van der Waals surface area contributed by atoms with Crippen molar-refractivity contribution >= 4 is 5.91 Å². The van der Waals surface area contributed by atoms with Gasteiger partial charge >= 0.3 is 0 Å². The number of carbonyl (C=O) groups excluding carboxylic acids is 1. The first kappa shape index (κ1) is 15.4. The maximum atomic E-state index is 11.7. The Labute approximate surface area is 111 Å². The van der Waals surface area contributed by atoms with Gasteiger partial charge in [0, 0.05) is 39.1 Å². The lowest BCUT2D eigenvalue weighted by atomic mass is 9.88. The third kappa shape index (κ3) is 3.95. The summed E-state index contributed by atoms with van der Waals surface area (Å²) in [6.07, 6.45) is 8.13. The summed E-state index contributed by atoms with van der Waals surface area (Å²) < 4.78 is 0. The van der Waals surface area contributed by atoms with Gasteiger partial charge < -0.3 is 10.6 Å². The van der Waals surface area contributed by atoms with Gasteiger partial charge in [-0.15, -0.1) is 0 Å². The van der Waals surface area contributed by atoms with Crippen LogP contribution < -0.4 is 5.73 Å². The van der Waals surface area contributed by atoms with Crippen molar-refractivity contribution in [2.24, 2.45) is 5.73 Å². The van der Waals surface area contributed by atoms with Gasteiger partial charge in [0.2, 0.25) is 5.91 Å². The Hall–Kier alpha value is -0.610. The molecule has 106 valence electrons. The van der Waals surface area contributed by atoms with Crippen LogP contribution in [0.25, 0.3) is 0 Å². The Morgan fingerprint density at radius 1 is 1.11 bits per heavy atom. The van der Waals surface area contributed by atoms with E-state index in [1.165, 1.54) is 38.5 Å². The van der Waals surface area contributed by atoms with Crippen LogP contribution in [0.5, 0.6) is 0 Å². The van der Waals surface area contributed by atoms with Gasteiger partial charge in [-0.25, -0.2) is 0 Å². The van der Waals surface area contributed by atoms with E-state index in [0.717, 1.165) is 6.54 Å². The highest BCUT2D eigenvalue weighted by Gasteiger charge is 2.33. The molecular formula is C14H29N3O. The SMILES string of the molecule is CN(C)C(=O)CCN(C)C1(CN)CCCCCC1. The molecule has 1 rings (SSSR count). The van der Waals surface area contributed by atoms with Gasteiger partial charge in [-0.1, -0.05) is 25.7 Å². The molecule has 4 heteroatoms. The normalized spacial score (nSPS) is 19.6. The summed E-state index contributed by atoms with van der Waals surface area (Å²) in [6, 6.07) is 0. The molecule has 0 saturated heterocycles. The molecule has 0 aliphatic heterocycles. The van der Waals surface area contributed by atoms with Crippen LogP contribution in [0.1, 0.15) is 44.9 Å². The molecule has 2 N–H and O–H groups in total. The van der Waals surface area contributed by atoms with E-state index >= 15 is 0 Å². The molecule has 1 aliphatic carbocycles. The summed E-state index contributed by atoms with van der Waals surface area (Å²) in [5, 5.41) is 0. The molecule has 0 spiro atoms. The maximum Gasteiger partial charge on any atom is 0.223 e. The van der Waals surface area contributed by atoms with Crippen LogP contribution in [0, 0.1) is 0 Å². The van der Waals surface area contributed by atoms with Crippen LogP contribution in [0.4, 0.5) is 0 Å². The van der Waals surface area contributed by atoms with Crippen LogP contribution in [0.2, 0.25) is 0 Å². The zero-order valence-corrected chi connectivity index (χ0v) is 12.2. The van der Waals surface area contributed by atoms with Crippen molar-refractivity contribution in [3.8, 4) is 0 Å². The Morgan fingerprint density at radius 3 is 2.11 bits per heavy atom. The van der Waals surface area contributed by atoms with Crippen molar-refractivity contribution in [2.75, 3.05) is 34.2 Å². The molecule has 1 saturated carbocycles. The molecule has 0 aromatic heterocycles. The Balaban J connectivity index is 2.55. The highest BCUT2D eigenvalue weighted by atomic mass is 16.2. The van der Waals surface area contributed by atoms with E-state index in [4.69, 9.17) is 5.73 Å². The van der Waals surface area contributed by atoms with E-state index in [2.05, 4.69) is 11.9 Å². The zero-order chi connectivity index (χ0) is 13.6. The van der Waals surface area contributed by atoms with Crippen LogP contribution in [0.3, 0.4) is 0 Å². The van der Waals surface area contributed by atoms with Crippen molar-refractivity contribution in [1.29, 1.82) is 0 Å².